The smallest absolute Gasteiger partial charge is 0.357 e. The molecule has 1 N–H and O–H groups in total. The fourth-order valence-corrected chi connectivity index (χ4v) is 4.48. The quantitative estimate of drug-likeness (QED) is 0.528. The number of esters is 1. The topological polar surface area (TPSA) is 79.7 Å². The van der Waals surface area contributed by atoms with Gasteiger partial charge < -0.3 is 14.7 Å². The number of phenolic OH excluding ortho intramolecular Hbond substituents is 1. The number of nitrogens with zero attached hydrogens (tertiary/aromatic N) is 2. The second-order valence-corrected chi connectivity index (χ2v) is 8.07. The third-order valence-electron chi connectivity index (χ3n) is 4.32. The number of halogens is 1. The first kappa shape index (κ1) is 19.1. The molecule has 1 aromatic heterocycles. The molecule has 1 aliphatic heterocycles. The molecular weight excluding hydrogens is 467 g/mol. The van der Waals surface area contributed by atoms with E-state index in [2.05, 4.69) is 27.6 Å². The number of thiazole rings is 1. The Morgan fingerprint density at radius 2 is 2.12 bits per heavy atom. The van der Waals surface area contributed by atoms with Crippen molar-refractivity contribution in [3.8, 4) is 5.75 Å². The van der Waals surface area contributed by atoms with E-state index in [1.807, 2.05) is 4.90 Å². The van der Waals surface area contributed by atoms with Gasteiger partial charge in [0.15, 0.2) is 5.69 Å². The summed E-state index contributed by atoms with van der Waals surface area (Å²) >= 11 is 3.58. The summed E-state index contributed by atoms with van der Waals surface area (Å²) < 4.78 is 5.80. The number of piperidine rings is 1. The molecule has 0 saturated carbocycles. The van der Waals surface area contributed by atoms with Crippen LogP contribution < -0.4 is 0 Å². The largest absolute Gasteiger partial charge is 0.508 e. The molecule has 0 unspecified atom stereocenters. The summed E-state index contributed by atoms with van der Waals surface area (Å²) in [5, 5.41) is 12.3. The van der Waals surface area contributed by atoms with Crippen LogP contribution in [-0.2, 0) is 4.74 Å². The number of likely N-dealkylation sites (tertiary alicyclic amines) is 1. The fraction of sp³-hybridized carbons (Fsp3) is 0.389. The van der Waals surface area contributed by atoms with Gasteiger partial charge in [-0.2, -0.15) is 0 Å². The van der Waals surface area contributed by atoms with Gasteiger partial charge in [0.25, 0.3) is 5.91 Å². The summed E-state index contributed by atoms with van der Waals surface area (Å²) in [5.74, 6) is -0.107. The Labute approximate surface area is 169 Å². The zero-order chi connectivity index (χ0) is 18.7. The molecule has 0 aliphatic carbocycles. The zero-order valence-electron chi connectivity index (χ0n) is 14.3. The van der Waals surface area contributed by atoms with Crippen LogP contribution in [0.25, 0.3) is 0 Å². The third-order valence-corrected chi connectivity index (χ3v) is 6.27. The molecule has 1 amide bonds. The van der Waals surface area contributed by atoms with Gasteiger partial charge in [0, 0.05) is 28.0 Å². The zero-order valence-corrected chi connectivity index (χ0v) is 17.2. The van der Waals surface area contributed by atoms with Gasteiger partial charge in [-0.25, -0.2) is 9.78 Å². The highest BCUT2D eigenvalue weighted by Crippen LogP contribution is 2.31. The molecule has 0 bridgehead atoms. The maximum Gasteiger partial charge on any atom is 0.357 e. The number of phenols is 1. The van der Waals surface area contributed by atoms with E-state index in [9.17, 15) is 14.7 Å². The Balaban J connectivity index is 1.63. The monoisotopic (exact) mass is 486 g/mol. The average Bonchev–Trinajstić information content (AvgIpc) is 3.14. The van der Waals surface area contributed by atoms with Gasteiger partial charge in [0.05, 0.1) is 17.2 Å². The number of aromatic hydroxyl groups is 1. The van der Waals surface area contributed by atoms with Gasteiger partial charge in [-0.05, 0) is 60.6 Å². The molecule has 1 aromatic carbocycles. The number of hydrogen-bond acceptors (Lipinski definition) is 6. The molecule has 2 heterocycles. The molecular formula is C18H19IN2O4S. The van der Waals surface area contributed by atoms with Gasteiger partial charge in [-0.3, -0.25) is 4.79 Å². The Morgan fingerprint density at radius 1 is 1.38 bits per heavy atom. The number of ether oxygens (including phenoxy) is 1. The SMILES string of the molecule is CCOC(=O)c1csc(C2CCN(C(=O)c3cc(O)ccc3I)CC2)n1. The van der Waals surface area contributed by atoms with Gasteiger partial charge >= 0.3 is 5.97 Å². The first-order valence-corrected chi connectivity index (χ1v) is 10.4. The van der Waals surface area contributed by atoms with Crippen LogP contribution in [0.15, 0.2) is 23.6 Å². The highest BCUT2D eigenvalue weighted by molar-refractivity contribution is 14.1. The Kier molecular flexibility index (Phi) is 6.13. The Hall–Kier alpha value is -1.68. The van der Waals surface area contributed by atoms with Gasteiger partial charge in [0.1, 0.15) is 5.75 Å². The number of amides is 1. The highest BCUT2D eigenvalue weighted by Gasteiger charge is 2.28. The van der Waals surface area contributed by atoms with E-state index in [1.54, 1.807) is 24.4 Å². The van der Waals surface area contributed by atoms with Gasteiger partial charge in [-0.1, -0.05) is 0 Å². The van der Waals surface area contributed by atoms with Crippen LogP contribution >= 0.6 is 33.9 Å². The van der Waals surface area contributed by atoms with Crippen molar-refractivity contribution in [3.63, 3.8) is 0 Å². The van der Waals surface area contributed by atoms with Crippen molar-refractivity contribution >= 4 is 45.8 Å². The lowest BCUT2D eigenvalue weighted by Crippen LogP contribution is -2.38. The molecule has 0 spiro atoms. The number of carbonyl (C=O) groups is 2. The molecule has 8 heteroatoms. The lowest BCUT2D eigenvalue weighted by Gasteiger charge is -2.31. The van der Waals surface area contributed by atoms with Crippen molar-refractivity contribution in [2.24, 2.45) is 0 Å². The summed E-state index contributed by atoms with van der Waals surface area (Å²) in [4.78, 5) is 30.7. The highest BCUT2D eigenvalue weighted by atomic mass is 127. The van der Waals surface area contributed by atoms with E-state index in [1.165, 1.54) is 17.4 Å². The lowest BCUT2D eigenvalue weighted by atomic mass is 9.97. The van der Waals surface area contributed by atoms with Crippen molar-refractivity contribution in [1.82, 2.24) is 9.88 Å². The predicted molar refractivity (Wildman–Crippen MR) is 107 cm³/mol. The second kappa shape index (κ2) is 8.34. The van der Waals surface area contributed by atoms with Gasteiger partial charge in [-0.15, -0.1) is 11.3 Å². The third kappa shape index (κ3) is 4.17. The molecule has 0 atom stereocenters. The molecule has 138 valence electrons. The number of rotatable bonds is 4. The lowest BCUT2D eigenvalue weighted by molar-refractivity contribution is 0.0520. The standard InChI is InChI=1S/C18H19IN2O4S/c1-2-25-18(24)15-10-26-16(20-15)11-5-7-21(8-6-11)17(23)13-9-12(22)3-4-14(13)19/h3-4,9-11,22H,2,5-8H2,1H3. The number of aromatic nitrogens is 1. The number of carbonyl (C=O) groups excluding carboxylic acids is 2. The van der Waals surface area contributed by atoms with Crippen LogP contribution in [0.3, 0.4) is 0 Å². The van der Waals surface area contributed by atoms with Crippen LogP contribution in [0.4, 0.5) is 0 Å². The van der Waals surface area contributed by atoms with Crippen molar-refractivity contribution < 1.29 is 19.4 Å². The molecule has 1 fully saturated rings. The number of hydrogen-bond donors (Lipinski definition) is 1. The van der Waals surface area contributed by atoms with Gasteiger partial charge in [0.2, 0.25) is 0 Å². The second-order valence-electron chi connectivity index (χ2n) is 6.02. The minimum absolute atomic E-state index is 0.0601. The average molecular weight is 486 g/mol. The Bertz CT molecular complexity index is 815. The normalized spacial score (nSPS) is 15.1. The Morgan fingerprint density at radius 3 is 2.81 bits per heavy atom. The maximum absolute atomic E-state index is 12.7. The first-order valence-electron chi connectivity index (χ1n) is 8.40. The first-order chi connectivity index (χ1) is 12.5. The molecule has 2 aromatic rings. The molecule has 6 nitrogen and oxygen atoms in total. The van der Waals surface area contributed by atoms with Crippen molar-refractivity contribution in [1.29, 1.82) is 0 Å². The minimum atomic E-state index is -0.388. The molecule has 1 saturated heterocycles. The fourth-order valence-electron chi connectivity index (χ4n) is 2.95. The van der Waals surface area contributed by atoms with Crippen LogP contribution in [-0.4, -0.2) is 46.6 Å². The van der Waals surface area contributed by atoms with Crippen LogP contribution in [0, 0.1) is 3.57 Å². The summed E-state index contributed by atoms with van der Waals surface area (Å²) in [6, 6.07) is 4.83. The van der Waals surface area contributed by atoms with E-state index in [4.69, 9.17) is 4.74 Å². The molecule has 3 rings (SSSR count). The molecule has 0 radical (unpaired) electrons. The minimum Gasteiger partial charge on any atom is -0.508 e. The van der Waals surface area contributed by atoms with Crippen molar-refractivity contribution in [3.05, 3.63) is 43.4 Å². The molecule has 1 aliphatic rings. The van der Waals surface area contributed by atoms with Crippen LogP contribution in [0.5, 0.6) is 5.75 Å². The van der Waals surface area contributed by atoms with E-state index in [0.717, 1.165) is 21.4 Å². The van der Waals surface area contributed by atoms with E-state index < -0.39 is 0 Å². The molecule has 26 heavy (non-hydrogen) atoms. The summed E-state index contributed by atoms with van der Waals surface area (Å²) in [7, 11) is 0. The maximum atomic E-state index is 12.7. The number of benzene rings is 1. The summed E-state index contributed by atoms with van der Waals surface area (Å²) in [6.07, 6.45) is 1.60. The summed E-state index contributed by atoms with van der Waals surface area (Å²) in [5.41, 5.74) is 0.891. The van der Waals surface area contributed by atoms with Crippen molar-refractivity contribution in [2.45, 2.75) is 25.7 Å². The van der Waals surface area contributed by atoms with E-state index in [-0.39, 0.29) is 23.5 Å². The van der Waals surface area contributed by atoms with Crippen LogP contribution in [0.2, 0.25) is 0 Å². The van der Waals surface area contributed by atoms with E-state index in [0.29, 0.717) is 31.0 Å². The summed E-state index contributed by atoms with van der Waals surface area (Å²) in [6.45, 7) is 3.36. The van der Waals surface area contributed by atoms with E-state index >= 15 is 0 Å². The van der Waals surface area contributed by atoms with Crippen molar-refractivity contribution in [2.75, 3.05) is 19.7 Å². The van der Waals surface area contributed by atoms with Crippen LogP contribution in [0.1, 0.15) is 51.5 Å². The predicted octanol–water partition coefficient (Wildman–Crippen LogP) is 3.65.